The Bertz CT molecular complexity index is 636. The number of nitrogens with zero attached hydrogens (tertiary/aromatic N) is 1. The summed E-state index contributed by atoms with van der Waals surface area (Å²) in [6.45, 7) is 6.09. The molecule has 0 aliphatic heterocycles. The van der Waals surface area contributed by atoms with E-state index in [0.29, 0.717) is 5.56 Å². The second-order valence-electron chi connectivity index (χ2n) is 5.36. The van der Waals surface area contributed by atoms with E-state index in [0.717, 1.165) is 12.1 Å². The lowest BCUT2D eigenvalue weighted by molar-refractivity contribution is -0.0406. The molecule has 1 unspecified atom stereocenters. The topological polar surface area (TPSA) is 55.7 Å². The smallest absolute Gasteiger partial charge is 0.442 e. The van der Waals surface area contributed by atoms with Gasteiger partial charge in [0.2, 0.25) is 0 Å². The lowest BCUT2D eigenvalue weighted by Gasteiger charge is -2.19. The number of carbonyl (C=O) groups excluding carboxylic acids is 1. The van der Waals surface area contributed by atoms with Gasteiger partial charge in [-0.2, -0.15) is 13.2 Å². The molecule has 0 heterocycles. The molecule has 4 nitrogen and oxygen atoms in total. The first-order valence-corrected chi connectivity index (χ1v) is 7.50. The van der Waals surface area contributed by atoms with Crippen LogP contribution in [0.1, 0.15) is 26.3 Å². The van der Waals surface area contributed by atoms with E-state index in [2.05, 4.69) is 9.10 Å². The summed E-state index contributed by atoms with van der Waals surface area (Å²) in [4.78, 5) is 10.9. The number of aryl methyl sites for hydroxylation is 1. The SMILES string of the molecule is Cc1ccc(S(=O)(=NC(=O)OC(C)(C)C)C(F)(F)F)cc1. The molecular weight excluding hydrogens is 307 g/mol. The highest BCUT2D eigenvalue weighted by atomic mass is 32.2. The molecule has 0 aliphatic rings. The van der Waals surface area contributed by atoms with Crippen LogP contribution in [0.4, 0.5) is 18.0 Å². The van der Waals surface area contributed by atoms with Crippen LogP contribution in [-0.4, -0.2) is 21.4 Å². The van der Waals surface area contributed by atoms with Crippen LogP contribution in [0, 0.1) is 6.92 Å². The number of hydrogen-bond donors (Lipinski definition) is 0. The summed E-state index contributed by atoms with van der Waals surface area (Å²) in [5.74, 6) is 0. The molecule has 0 N–H and O–H groups in total. The monoisotopic (exact) mass is 323 g/mol. The van der Waals surface area contributed by atoms with Crippen molar-refractivity contribution < 1.29 is 26.9 Å². The molecule has 0 spiro atoms. The molecular formula is C13H16F3NO3S. The van der Waals surface area contributed by atoms with Gasteiger partial charge in [-0.25, -0.2) is 9.00 Å². The zero-order valence-corrected chi connectivity index (χ0v) is 12.8. The Labute approximate surface area is 121 Å². The van der Waals surface area contributed by atoms with Gasteiger partial charge in [-0.1, -0.05) is 17.7 Å². The quantitative estimate of drug-likeness (QED) is 0.775. The molecule has 0 bridgehead atoms. The van der Waals surface area contributed by atoms with Gasteiger partial charge in [-0.15, -0.1) is 4.36 Å². The van der Waals surface area contributed by atoms with Gasteiger partial charge >= 0.3 is 11.6 Å². The third-order valence-corrected chi connectivity index (χ3v) is 4.20. The Morgan fingerprint density at radius 3 is 2.00 bits per heavy atom. The average molecular weight is 323 g/mol. The minimum Gasteiger partial charge on any atom is -0.442 e. The maximum atomic E-state index is 13.1. The van der Waals surface area contributed by atoms with Gasteiger partial charge in [-0.3, -0.25) is 0 Å². The Morgan fingerprint density at radius 1 is 1.14 bits per heavy atom. The van der Waals surface area contributed by atoms with E-state index in [-0.39, 0.29) is 0 Å². The summed E-state index contributed by atoms with van der Waals surface area (Å²) in [6.07, 6.45) is -1.51. The van der Waals surface area contributed by atoms with Crippen LogP contribution in [0.25, 0.3) is 0 Å². The number of amides is 1. The molecule has 8 heteroatoms. The number of carbonyl (C=O) groups is 1. The van der Waals surface area contributed by atoms with Gasteiger partial charge in [0.05, 0.1) is 4.90 Å². The van der Waals surface area contributed by atoms with Gasteiger partial charge in [-0.05, 0) is 39.8 Å². The largest absolute Gasteiger partial charge is 0.484 e. The molecule has 0 saturated heterocycles. The Balaban J connectivity index is 3.39. The van der Waals surface area contributed by atoms with Crippen LogP contribution in [0.5, 0.6) is 0 Å². The minimum atomic E-state index is -5.18. The van der Waals surface area contributed by atoms with Crippen LogP contribution in [0.2, 0.25) is 0 Å². The predicted octanol–water partition coefficient (Wildman–Crippen LogP) is 4.28. The molecule has 0 aromatic heterocycles. The average Bonchev–Trinajstić information content (AvgIpc) is 2.25. The molecule has 0 saturated carbocycles. The molecule has 1 rings (SSSR count). The normalized spacial score (nSPS) is 15.2. The zero-order chi connectivity index (χ0) is 16.5. The molecule has 1 atom stereocenters. The van der Waals surface area contributed by atoms with E-state index in [1.165, 1.54) is 32.9 Å². The highest BCUT2D eigenvalue weighted by Gasteiger charge is 2.45. The first-order chi connectivity index (χ1) is 9.35. The fraction of sp³-hybridized carbons (Fsp3) is 0.462. The van der Waals surface area contributed by atoms with Crippen molar-refractivity contribution in [3.8, 4) is 0 Å². The second kappa shape index (κ2) is 5.67. The highest BCUT2D eigenvalue weighted by Crippen LogP contribution is 2.33. The third-order valence-electron chi connectivity index (χ3n) is 2.25. The number of rotatable bonds is 1. The number of halogens is 3. The van der Waals surface area contributed by atoms with E-state index in [4.69, 9.17) is 0 Å². The number of benzene rings is 1. The Hall–Kier alpha value is -1.57. The molecule has 21 heavy (non-hydrogen) atoms. The Morgan fingerprint density at radius 2 is 1.62 bits per heavy atom. The third kappa shape index (κ3) is 4.45. The Kier molecular flexibility index (Phi) is 4.72. The van der Waals surface area contributed by atoms with Crippen molar-refractivity contribution in [3.63, 3.8) is 0 Å². The maximum absolute atomic E-state index is 13.1. The van der Waals surface area contributed by atoms with Gasteiger partial charge in [0, 0.05) is 0 Å². The maximum Gasteiger partial charge on any atom is 0.484 e. The van der Waals surface area contributed by atoms with E-state index in [1.807, 2.05) is 0 Å². The van der Waals surface area contributed by atoms with Crippen molar-refractivity contribution in [2.75, 3.05) is 0 Å². The van der Waals surface area contributed by atoms with Gasteiger partial charge < -0.3 is 4.74 Å². The number of alkyl halides is 3. The van der Waals surface area contributed by atoms with Crippen molar-refractivity contribution in [2.24, 2.45) is 4.36 Å². The first-order valence-electron chi connectivity index (χ1n) is 5.98. The highest BCUT2D eigenvalue weighted by molar-refractivity contribution is 7.94. The van der Waals surface area contributed by atoms with Crippen LogP contribution in [0.15, 0.2) is 33.5 Å². The van der Waals surface area contributed by atoms with Crippen LogP contribution in [-0.2, 0) is 14.5 Å². The molecule has 1 amide bonds. The van der Waals surface area contributed by atoms with E-state index in [9.17, 15) is 22.2 Å². The van der Waals surface area contributed by atoms with Crippen LogP contribution < -0.4 is 0 Å². The zero-order valence-electron chi connectivity index (χ0n) is 12.0. The van der Waals surface area contributed by atoms with Crippen LogP contribution in [0.3, 0.4) is 0 Å². The lowest BCUT2D eigenvalue weighted by atomic mass is 10.2. The van der Waals surface area contributed by atoms with Crippen LogP contribution >= 0.6 is 0 Å². The number of hydrogen-bond acceptors (Lipinski definition) is 3. The summed E-state index contributed by atoms with van der Waals surface area (Å²) < 4.78 is 59.0. The van der Waals surface area contributed by atoms with Crippen molar-refractivity contribution in [1.82, 2.24) is 0 Å². The minimum absolute atomic E-state index is 0.577. The van der Waals surface area contributed by atoms with Gasteiger partial charge in [0.25, 0.3) is 0 Å². The van der Waals surface area contributed by atoms with E-state index >= 15 is 0 Å². The van der Waals surface area contributed by atoms with Gasteiger partial charge in [0.15, 0.2) is 9.73 Å². The first kappa shape index (κ1) is 17.5. The van der Waals surface area contributed by atoms with Crippen molar-refractivity contribution >= 4 is 15.8 Å². The number of ether oxygens (including phenoxy) is 1. The second-order valence-corrected chi connectivity index (χ2v) is 7.52. The summed E-state index contributed by atoms with van der Waals surface area (Å²) in [6, 6.07) is 4.81. The fourth-order valence-electron chi connectivity index (χ4n) is 1.35. The lowest BCUT2D eigenvalue weighted by Crippen LogP contribution is -2.27. The van der Waals surface area contributed by atoms with E-state index in [1.54, 1.807) is 6.92 Å². The standard InChI is InChI=1S/C13H16F3NO3S/c1-9-5-7-10(8-6-9)21(19,13(14,15)16)17-11(18)20-12(2,3)4/h5-8H,1-4H3. The molecule has 1 aromatic carbocycles. The van der Waals surface area contributed by atoms with Crippen molar-refractivity contribution in [1.29, 1.82) is 0 Å². The summed E-state index contributed by atoms with van der Waals surface area (Å²) in [5.41, 5.74) is -5.51. The summed E-state index contributed by atoms with van der Waals surface area (Å²) >= 11 is 0. The summed E-state index contributed by atoms with van der Waals surface area (Å²) in [5, 5.41) is 0. The van der Waals surface area contributed by atoms with Crippen molar-refractivity contribution in [2.45, 2.75) is 43.7 Å². The molecule has 0 aliphatic carbocycles. The van der Waals surface area contributed by atoms with Gasteiger partial charge in [0.1, 0.15) is 5.60 Å². The predicted molar refractivity (Wildman–Crippen MR) is 72.3 cm³/mol. The molecule has 1 aromatic rings. The van der Waals surface area contributed by atoms with Crippen molar-refractivity contribution in [3.05, 3.63) is 29.8 Å². The van der Waals surface area contributed by atoms with E-state index < -0.39 is 31.8 Å². The fourth-order valence-corrected chi connectivity index (χ4v) is 2.57. The molecule has 118 valence electrons. The molecule has 0 radical (unpaired) electrons. The summed E-state index contributed by atoms with van der Waals surface area (Å²) in [7, 11) is -4.92. The molecule has 0 fully saturated rings.